The molecular formula is C25H20FNO3. The number of carbonyl (C=O) groups is 1. The third kappa shape index (κ3) is 4.01. The Morgan fingerprint density at radius 3 is 2.40 bits per heavy atom. The van der Waals surface area contributed by atoms with Crippen LogP contribution in [0.25, 0.3) is 11.0 Å². The number of fused-ring (bicyclic) bond motifs is 1. The van der Waals surface area contributed by atoms with Crippen molar-refractivity contribution in [2.75, 3.05) is 0 Å². The normalized spacial score (nSPS) is 10.9. The third-order valence-corrected chi connectivity index (χ3v) is 5.06. The summed E-state index contributed by atoms with van der Waals surface area (Å²) < 4.78 is 18.9. The summed E-state index contributed by atoms with van der Waals surface area (Å²) >= 11 is 0. The van der Waals surface area contributed by atoms with Gasteiger partial charge in [-0.1, -0.05) is 42.5 Å². The lowest BCUT2D eigenvalue weighted by atomic mass is 10.1. The van der Waals surface area contributed by atoms with E-state index in [1.54, 1.807) is 53.4 Å². The standard InChI is InChI=1S/C25H20FNO3/c1-17-6-2-3-7-21(17)25(29)27(14-18-10-12-20(26)13-11-18)15-19-16-30-23-9-5-4-8-22(23)24(19)28/h2-13,16H,14-15H2,1H3. The molecule has 0 unspecified atom stereocenters. The van der Waals surface area contributed by atoms with E-state index >= 15 is 0 Å². The summed E-state index contributed by atoms with van der Waals surface area (Å²) in [6.45, 7) is 2.19. The highest BCUT2D eigenvalue weighted by Crippen LogP contribution is 2.18. The Labute approximate surface area is 173 Å². The Bertz CT molecular complexity index is 1260. The van der Waals surface area contributed by atoms with Crippen LogP contribution >= 0.6 is 0 Å². The van der Waals surface area contributed by atoms with Crippen LogP contribution in [0, 0.1) is 12.7 Å². The topological polar surface area (TPSA) is 50.5 Å². The number of aryl methyl sites for hydroxylation is 1. The van der Waals surface area contributed by atoms with E-state index in [0.717, 1.165) is 11.1 Å². The van der Waals surface area contributed by atoms with Crippen LogP contribution in [0.3, 0.4) is 0 Å². The van der Waals surface area contributed by atoms with E-state index in [0.29, 0.717) is 22.1 Å². The first kappa shape index (κ1) is 19.6. The van der Waals surface area contributed by atoms with Gasteiger partial charge in [0.1, 0.15) is 11.4 Å². The Morgan fingerprint density at radius 1 is 0.933 bits per heavy atom. The highest BCUT2D eigenvalue weighted by molar-refractivity contribution is 5.95. The molecule has 1 heterocycles. The van der Waals surface area contributed by atoms with Gasteiger partial charge >= 0.3 is 0 Å². The Hall–Kier alpha value is -3.73. The zero-order valence-electron chi connectivity index (χ0n) is 16.5. The van der Waals surface area contributed by atoms with Crippen LogP contribution in [0.2, 0.25) is 0 Å². The molecule has 0 aliphatic rings. The van der Waals surface area contributed by atoms with Gasteiger partial charge in [-0.3, -0.25) is 9.59 Å². The second-order valence-corrected chi connectivity index (χ2v) is 7.19. The van der Waals surface area contributed by atoms with E-state index < -0.39 is 0 Å². The third-order valence-electron chi connectivity index (χ3n) is 5.06. The molecule has 30 heavy (non-hydrogen) atoms. The summed E-state index contributed by atoms with van der Waals surface area (Å²) in [5.41, 5.74) is 2.89. The monoisotopic (exact) mass is 401 g/mol. The number of halogens is 1. The van der Waals surface area contributed by atoms with Crippen LogP contribution in [0.4, 0.5) is 4.39 Å². The van der Waals surface area contributed by atoms with Gasteiger partial charge in [-0.05, 0) is 48.4 Å². The van der Waals surface area contributed by atoms with Crippen molar-refractivity contribution < 1.29 is 13.6 Å². The largest absolute Gasteiger partial charge is 0.464 e. The maximum Gasteiger partial charge on any atom is 0.254 e. The van der Waals surface area contributed by atoms with Crippen LogP contribution < -0.4 is 5.43 Å². The molecule has 0 bridgehead atoms. The van der Waals surface area contributed by atoms with Gasteiger partial charge in [-0.2, -0.15) is 0 Å². The summed E-state index contributed by atoms with van der Waals surface area (Å²) in [4.78, 5) is 27.9. The summed E-state index contributed by atoms with van der Waals surface area (Å²) in [7, 11) is 0. The molecule has 4 nitrogen and oxygen atoms in total. The molecule has 1 amide bonds. The predicted octanol–water partition coefficient (Wildman–Crippen LogP) is 5.08. The first-order chi connectivity index (χ1) is 14.5. The molecule has 0 saturated heterocycles. The molecule has 0 N–H and O–H groups in total. The Morgan fingerprint density at radius 2 is 1.63 bits per heavy atom. The molecule has 0 radical (unpaired) electrons. The number of rotatable bonds is 5. The molecule has 0 fully saturated rings. The summed E-state index contributed by atoms with van der Waals surface area (Å²) in [5, 5.41) is 0.472. The number of carbonyl (C=O) groups excluding carboxylic acids is 1. The zero-order valence-corrected chi connectivity index (χ0v) is 16.5. The first-order valence-electron chi connectivity index (χ1n) is 9.61. The first-order valence-corrected chi connectivity index (χ1v) is 9.61. The Kier molecular flexibility index (Phi) is 5.44. The molecule has 0 spiro atoms. The molecule has 150 valence electrons. The molecule has 3 aromatic carbocycles. The smallest absolute Gasteiger partial charge is 0.254 e. The van der Waals surface area contributed by atoms with Gasteiger partial charge in [0.2, 0.25) is 0 Å². The summed E-state index contributed by atoms with van der Waals surface area (Å²) in [6, 6.07) is 20.3. The molecule has 4 rings (SSSR count). The van der Waals surface area contributed by atoms with Crippen molar-refractivity contribution in [2.24, 2.45) is 0 Å². The number of amides is 1. The van der Waals surface area contributed by atoms with Crippen LogP contribution in [0.1, 0.15) is 27.0 Å². The summed E-state index contributed by atoms with van der Waals surface area (Å²) in [5.74, 6) is -0.546. The van der Waals surface area contributed by atoms with E-state index in [1.165, 1.54) is 18.4 Å². The fourth-order valence-electron chi connectivity index (χ4n) is 3.43. The van der Waals surface area contributed by atoms with Crippen molar-refractivity contribution in [3.8, 4) is 0 Å². The second kappa shape index (κ2) is 8.33. The minimum absolute atomic E-state index is 0.0811. The predicted molar refractivity (Wildman–Crippen MR) is 114 cm³/mol. The van der Waals surface area contributed by atoms with Gasteiger partial charge in [0.15, 0.2) is 5.43 Å². The maximum absolute atomic E-state index is 13.3. The van der Waals surface area contributed by atoms with Gasteiger partial charge in [0, 0.05) is 12.1 Å². The minimum Gasteiger partial charge on any atom is -0.464 e. The molecule has 4 aromatic rings. The molecule has 0 aliphatic heterocycles. The highest BCUT2D eigenvalue weighted by Gasteiger charge is 2.20. The summed E-state index contributed by atoms with van der Waals surface area (Å²) in [6.07, 6.45) is 1.41. The second-order valence-electron chi connectivity index (χ2n) is 7.19. The van der Waals surface area contributed by atoms with Gasteiger partial charge in [-0.15, -0.1) is 0 Å². The number of benzene rings is 3. The van der Waals surface area contributed by atoms with Gasteiger partial charge in [-0.25, -0.2) is 4.39 Å². The fourth-order valence-corrected chi connectivity index (χ4v) is 3.43. The van der Waals surface area contributed by atoms with Crippen molar-refractivity contribution in [1.82, 2.24) is 4.90 Å². The van der Waals surface area contributed by atoms with Crippen LogP contribution in [0.5, 0.6) is 0 Å². The molecule has 1 aromatic heterocycles. The van der Waals surface area contributed by atoms with E-state index in [-0.39, 0.29) is 30.2 Å². The van der Waals surface area contributed by atoms with Crippen molar-refractivity contribution in [2.45, 2.75) is 20.0 Å². The number of nitrogens with zero attached hydrogens (tertiary/aromatic N) is 1. The van der Waals surface area contributed by atoms with E-state index in [9.17, 15) is 14.0 Å². The van der Waals surface area contributed by atoms with Crippen LogP contribution in [0.15, 0.2) is 88.3 Å². The molecule has 0 atom stereocenters. The SMILES string of the molecule is Cc1ccccc1C(=O)N(Cc1ccc(F)cc1)Cc1coc2ccccc2c1=O. The molecular weight excluding hydrogens is 381 g/mol. The lowest BCUT2D eigenvalue weighted by Crippen LogP contribution is -2.32. The van der Waals surface area contributed by atoms with E-state index in [2.05, 4.69) is 0 Å². The van der Waals surface area contributed by atoms with E-state index in [4.69, 9.17) is 4.42 Å². The van der Waals surface area contributed by atoms with E-state index in [1.807, 2.05) is 19.1 Å². The van der Waals surface area contributed by atoms with Crippen LogP contribution in [-0.4, -0.2) is 10.8 Å². The Balaban J connectivity index is 1.72. The average Bonchev–Trinajstić information content (AvgIpc) is 2.76. The number of para-hydroxylation sites is 1. The lowest BCUT2D eigenvalue weighted by Gasteiger charge is -2.23. The van der Waals surface area contributed by atoms with Crippen molar-refractivity contribution in [1.29, 1.82) is 0 Å². The molecule has 5 heteroatoms. The average molecular weight is 401 g/mol. The highest BCUT2D eigenvalue weighted by atomic mass is 19.1. The van der Waals surface area contributed by atoms with Crippen LogP contribution in [-0.2, 0) is 13.1 Å². The molecule has 0 aliphatic carbocycles. The number of hydrogen-bond acceptors (Lipinski definition) is 3. The molecule has 0 saturated carbocycles. The number of hydrogen-bond donors (Lipinski definition) is 0. The minimum atomic E-state index is -0.342. The van der Waals surface area contributed by atoms with Crippen molar-refractivity contribution in [3.63, 3.8) is 0 Å². The van der Waals surface area contributed by atoms with Crippen molar-refractivity contribution in [3.05, 3.63) is 117 Å². The fraction of sp³-hybridized carbons (Fsp3) is 0.120. The van der Waals surface area contributed by atoms with Gasteiger partial charge in [0.05, 0.1) is 23.8 Å². The maximum atomic E-state index is 13.3. The quantitative estimate of drug-likeness (QED) is 0.468. The van der Waals surface area contributed by atoms with Crippen molar-refractivity contribution >= 4 is 16.9 Å². The van der Waals surface area contributed by atoms with Gasteiger partial charge < -0.3 is 9.32 Å². The lowest BCUT2D eigenvalue weighted by molar-refractivity contribution is 0.0728. The van der Waals surface area contributed by atoms with Gasteiger partial charge in [0.25, 0.3) is 5.91 Å². The zero-order chi connectivity index (χ0) is 21.1.